The van der Waals surface area contributed by atoms with Gasteiger partial charge < -0.3 is 44.6 Å². The Hall–Kier alpha value is 0.00338. The summed E-state index contributed by atoms with van der Waals surface area (Å²) >= 11 is 9.37. The van der Waals surface area contributed by atoms with E-state index in [1.807, 2.05) is 0 Å². The standard InChI is InChI=1S/2C11H23NOS.Zn/c2*1-3-5-7-9-12(11(13)14)10-8-6-4-2;/h2*3-10H2,1-2H3,(H,13,14);/q;;+2/p-2. The van der Waals surface area contributed by atoms with Crippen LogP contribution in [0.1, 0.15) is 105 Å². The van der Waals surface area contributed by atoms with Gasteiger partial charge in [0.2, 0.25) is 0 Å². The molecule has 0 aromatic carbocycles. The van der Waals surface area contributed by atoms with Gasteiger partial charge in [-0.2, -0.15) is 0 Å². The average molecular weight is 498 g/mol. The largest absolute Gasteiger partial charge is 2.00 e. The van der Waals surface area contributed by atoms with Crippen molar-refractivity contribution in [2.75, 3.05) is 26.2 Å². The molecule has 0 fully saturated rings. The maximum absolute atomic E-state index is 11.1. The molecule has 0 saturated carbocycles. The van der Waals surface area contributed by atoms with Gasteiger partial charge in [-0.05, 0) is 25.7 Å². The van der Waals surface area contributed by atoms with Gasteiger partial charge in [0.25, 0.3) is 0 Å². The van der Waals surface area contributed by atoms with E-state index in [4.69, 9.17) is 0 Å². The van der Waals surface area contributed by atoms with Crippen molar-refractivity contribution in [3.8, 4) is 0 Å². The van der Waals surface area contributed by atoms with E-state index in [2.05, 4.69) is 53.0 Å². The molecule has 0 aliphatic carbocycles. The van der Waals surface area contributed by atoms with Crippen molar-refractivity contribution in [2.24, 2.45) is 0 Å². The van der Waals surface area contributed by atoms with E-state index in [9.17, 15) is 9.59 Å². The van der Waals surface area contributed by atoms with Crippen LogP contribution in [-0.2, 0) is 44.7 Å². The van der Waals surface area contributed by atoms with Crippen LogP contribution in [0.3, 0.4) is 0 Å². The minimum absolute atomic E-state index is 0. The van der Waals surface area contributed by atoms with Crippen LogP contribution >= 0.6 is 0 Å². The van der Waals surface area contributed by atoms with E-state index in [0.29, 0.717) is 0 Å². The van der Waals surface area contributed by atoms with Crippen LogP contribution in [0.2, 0.25) is 0 Å². The Morgan fingerprint density at radius 1 is 0.517 bits per heavy atom. The van der Waals surface area contributed by atoms with E-state index < -0.39 is 0 Å². The number of rotatable bonds is 16. The zero-order valence-corrected chi connectivity index (χ0v) is 24.1. The van der Waals surface area contributed by atoms with Crippen LogP contribution in [0.25, 0.3) is 0 Å². The fraction of sp³-hybridized carbons (Fsp3) is 0.909. The molecule has 0 radical (unpaired) electrons. The third-order valence-corrected chi connectivity index (χ3v) is 5.16. The van der Waals surface area contributed by atoms with Crippen LogP contribution in [0, 0.1) is 0 Å². The first-order valence-corrected chi connectivity index (χ1v) is 12.2. The summed E-state index contributed by atoms with van der Waals surface area (Å²) in [7, 11) is 0. The van der Waals surface area contributed by atoms with Crippen molar-refractivity contribution >= 4 is 35.7 Å². The fourth-order valence-corrected chi connectivity index (χ4v) is 3.16. The Morgan fingerprint density at radius 3 is 0.862 bits per heavy atom. The minimum Gasteiger partial charge on any atom is -0.719 e. The average Bonchev–Trinajstić information content (AvgIpc) is 2.66. The summed E-state index contributed by atoms with van der Waals surface area (Å²) in [5.74, 6) is 0. The summed E-state index contributed by atoms with van der Waals surface area (Å²) in [4.78, 5) is 25.8. The van der Waals surface area contributed by atoms with E-state index in [1.54, 1.807) is 9.80 Å². The second-order valence-corrected chi connectivity index (χ2v) is 8.03. The summed E-state index contributed by atoms with van der Waals surface area (Å²) < 4.78 is 0. The zero-order chi connectivity index (χ0) is 21.6. The van der Waals surface area contributed by atoms with E-state index in [0.717, 1.165) is 51.9 Å². The number of hydrogen-bond donors (Lipinski definition) is 0. The van der Waals surface area contributed by atoms with Gasteiger partial charge >= 0.3 is 19.5 Å². The molecule has 0 heterocycles. The molecule has 29 heavy (non-hydrogen) atoms. The van der Waals surface area contributed by atoms with Crippen molar-refractivity contribution in [3.63, 3.8) is 0 Å². The number of carbonyl (C=O) groups is 2. The SMILES string of the molecule is CCCCCN(CCCCC)C(=O)[S-].CCCCCN(CCCCC)C(=O)[S-].[Zn+2]. The van der Waals surface area contributed by atoms with E-state index >= 15 is 0 Å². The van der Waals surface area contributed by atoms with Crippen molar-refractivity contribution in [1.29, 1.82) is 0 Å². The maximum Gasteiger partial charge on any atom is 2.00 e. The maximum atomic E-state index is 11.1. The quantitative estimate of drug-likeness (QED) is 0.136. The Morgan fingerprint density at radius 2 is 0.724 bits per heavy atom. The summed E-state index contributed by atoms with van der Waals surface area (Å²) in [5, 5.41) is -0.366. The van der Waals surface area contributed by atoms with Gasteiger partial charge in [0.15, 0.2) is 0 Å². The number of unbranched alkanes of at least 4 members (excludes halogenated alkanes) is 8. The molecule has 168 valence electrons. The van der Waals surface area contributed by atoms with Crippen LogP contribution in [0.5, 0.6) is 0 Å². The number of carbonyl (C=O) groups excluding carboxylic acids is 2. The smallest absolute Gasteiger partial charge is 0.719 e. The summed E-state index contributed by atoms with van der Waals surface area (Å²) in [6.07, 6.45) is 13.9. The number of nitrogens with zero attached hydrogens (tertiary/aromatic N) is 2. The molecule has 4 nitrogen and oxygen atoms in total. The Kier molecular flexibility index (Phi) is 30.2. The zero-order valence-electron chi connectivity index (χ0n) is 19.5. The molecule has 0 aliphatic rings. The van der Waals surface area contributed by atoms with Gasteiger partial charge in [-0.1, -0.05) is 79.1 Å². The van der Waals surface area contributed by atoms with Crippen molar-refractivity contribution in [2.45, 2.75) is 105 Å². The van der Waals surface area contributed by atoms with Gasteiger partial charge in [0.1, 0.15) is 10.5 Å². The molecule has 0 aliphatic heterocycles. The van der Waals surface area contributed by atoms with E-state index in [1.165, 1.54) is 51.4 Å². The first-order valence-electron chi connectivity index (χ1n) is 11.4. The molecule has 0 aromatic heterocycles. The van der Waals surface area contributed by atoms with E-state index in [-0.39, 0.29) is 30.0 Å². The number of hydrogen-bond acceptors (Lipinski definition) is 4. The molecular formula is C22H44N2O2S2Zn. The van der Waals surface area contributed by atoms with Gasteiger partial charge in [-0.15, -0.1) is 0 Å². The molecule has 0 spiro atoms. The summed E-state index contributed by atoms with van der Waals surface area (Å²) in [6.45, 7) is 12.0. The van der Waals surface area contributed by atoms with Crippen LogP contribution in [0.15, 0.2) is 0 Å². The van der Waals surface area contributed by atoms with Crippen LogP contribution in [0.4, 0.5) is 9.59 Å². The topological polar surface area (TPSA) is 40.6 Å². The van der Waals surface area contributed by atoms with Gasteiger partial charge in [0.05, 0.1) is 0 Å². The Bertz CT molecular complexity index is 321. The number of amides is 2. The van der Waals surface area contributed by atoms with Gasteiger partial charge in [-0.25, -0.2) is 0 Å². The van der Waals surface area contributed by atoms with Gasteiger partial charge in [-0.3, -0.25) is 0 Å². The summed E-state index contributed by atoms with van der Waals surface area (Å²) in [6, 6.07) is 0. The molecule has 0 unspecified atom stereocenters. The van der Waals surface area contributed by atoms with Crippen molar-refractivity contribution < 1.29 is 29.1 Å². The van der Waals surface area contributed by atoms with Crippen LogP contribution < -0.4 is 0 Å². The summed E-state index contributed by atoms with van der Waals surface area (Å²) in [5.41, 5.74) is 0. The molecule has 2 amide bonds. The minimum atomic E-state index is -0.183. The van der Waals surface area contributed by atoms with Crippen molar-refractivity contribution in [3.05, 3.63) is 0 Å². The molecule has 0 aromatic rings. The molecule has 0 N–H and O–H groups in total. The Balaban J connectivity index is -0.000000451. The molecule has 0 saturated heterocycles. The monoisotopic (exact) mass is 496 g/mol. The first-order chi connectivity index (χ1) is 13.4. The molecular weight excluding hydrogens is 454 g/mol. The predicted octanol–water partition coefficient (Wildman–Crippen LogP) is 6.67. The molecule has 7 heteroatoms. The molecule has 0 bridgehead atoms. The third kappa shape index (κ3) is 24.1. The van der Waals surface area contributed by atoms with Crippen molar-refractivity contribution in [1.82, 2.24) is 9.80 Å². The first kappa shape index (κ1) is 33.6. The second-order valence-electron chi connectivity index (χ2n) is 7.33. The second kappa shape index (κ2) is 26.0. The predicted molar refractivity (Wildman–Crippen MR) is 127 cm³/mol. The molecule has 0 atom stereocenters. The molecule has 0 rings (SSSR count). The fourth-order valence-electron chi connectivity index (χ4n) is 2.80. The Labute approximate surface area is 204 Å². The third-order valence-electron chi connectivity index (χ3n) is 4.64. The van der Waals surface area contributed by atoms with Crippen LogP contribution in [-0.4, -0.2) is 46.5 Å². The van der Waals surface area contributed by atoms with Gasteiger partial charge in [0, 0.05) is 26.2 Å². The normalized spacial score (nSPS) is 9.79.